The average Bonchev–Trinajstić information content (AvgIpc) is 1.54. The Morgan fingerprint density at radius 1 is 0.562 bits per heavy atom. The molecule has 0 aromatic rings. The maximum Gasteiger partial charge on any atom is 3.00 e. The smallest absolute Gasteiger partial charge is 1.00 e. The maximum absolute atomic E-state index is 8.33. The second-order valence-corrected chi connectivity index (χ2v) is 0.750. The fraction of sp³-hybridized carbons (Fsp3) is 0. The summed E-state index contributed by atoms with van der Waals surface area (Å²) in [7, 11) is 0. The molecule has 0 aromatic heterocycles. The first-order valence-electron chi connectivity index (χ1n) is 1.84. The van der Waals surface area contributed by atoms with Crippen molar-refractivity contribution in [3.8, 4) is 0 Å². The Bertz CT molecular complexity index is 126. The van der Waals surface area contributed by atoms with Crippen molar-refractivity contribution in [3.63, 3.8) is 0 Å². The Kier molecular flexibility index (Phi) is 104. The van der Waals surface area contributed by atoms with E-state index in [1.54, 1.807) is 0 Å². The van der Waals surface area contributed by atoms with E-state index in [9.17, 15) is 0 Å². The number of hydrogen-bond acceptors (Lipinski definition) is 9. The molecule has 0 saturated heterocycles. The number of carboxylic acid groups (broad SMARTS) is 6. The van der Waals surface area contributed by atoms with Gasteiger partial charge >= 0.3 is 53.6 Å². The Hall–Kier alpha value is -0.598. The molecular weight excluding hydrogens is 260 g/mol. The van der Waals surface area contributed by atoms with Crippen molar-refractivity contribution >= 4 is 53.2 Å². The number of carbonyl (C=O) groups excluding carboxylic acids is 3. The first-order valence-corrected chi connectivity index (χ1v) is 1.84. The Labute approximate surface area is 122 Å². The SMILES string of the molecule is O=C([O-])[O-].O=C([O-])[O-].O=C([O-])[O-].[Al+3].[Al+3].[F-].[Li+]. The van der Waals surface area contributed by atoms with Crippen LogP contribution in [0.15, 0.2) is 0 Å². The van der Waals surface area contributed by atoms with Crippen LogP contribution in [-0.4, -0.2) is 53.2 Å². The first-order chi connectivity index (χ1) is 5.20. The summed E-state index contributed by atoms with van der Waals surface area (Å²) >= 11 is 0. The van der Waals surface area contributed by atoms with E-state index in [-0.39, 0.29) is 58.3 Å². The van der Waals surface area contributed by atoms with Gasteiger partial charge in [-0.15, -0.1) is 0 Å². The van der Waals surface area contributed by atoms with E-state index in [0.717, 1.165) is 0 Å². The summed E-state index contributed by atoms with van der Waals surface area (Å²) in [6.45, 7) is 0. The molecule has 0 aliphatic carbocycles. The van der Waals surface area contributed by atoms with Gasteiger partial charge in [0.25, 0.3) is 0 Å². The van der Waals surface area contributed by atoms with Crippen LogP contribution in [0.5, 0.6) is 0 Å². The van der Waals surface area contributed by atoms with Crippen LogP contribution in [0.4, 0.5) is 14.4 Å². The summed E-state index contributed by atoms with van der Waals surface area (Å²) in [6, 6.07) is 0. The van der Waals surface area contributed by atoms with Crippen molar-refractivity contribution < 1.29 is 68.6 Å². The predicted octanol–water partition coefficient (Wildman–Crippen LogP) is -14.1. The molecule has 16 heavy (non-hydrogen) atoms. The van der Waals surface area contributed by atoms with E-state index in [0.29, 0.717) is 0 Å². The molecule has 9 nitrogen and oxygen atoms in total. The van der Waals surface area contributed by atoms with Crippen LogP contribution in [0.2, 0.25) is 0 Å². The standard InChI is InChI=1S/3CH2O3.2Al.FH.Li/c3*2-1(3)4;;;;/h3*(H2,2,3,4);;;1H;/q;;;2*+3;;+1/p-7. The largest absolute Gasteiger partial charge is 3.00 e. The quantitative estimate of drug-likeness (QED) is 0.380. The van der Waals surface area contributed by atoms with Crippen molar-refractivity contribution in [2.24, 2.45) is 0 Å². The molecule has 0 heterocycles. The van der Waals surface area contributed by atoms with Crippen LogP contribution in [0.25, 0.3) is 0 Å². The van der Waals surface area contributed by atoms with Gasteiger partial charge in [-0.2, -0.15) is 0 Å². The Morgan fingerprint density at radius 2 is 0.562 bits per heavy atom. The number of hydrogen-bond donors (Lipinski definition) is 0. The fourth-order valence-electron chi connectivity index (χ4n) is 0. The molecule has 0 aromatic carbocycles. The van der Waals surface area contributed by atoms with Gasteiger partial charge in [0.1, 0.15) is 0 Å². The summed E-state index contributed by atoms with van der Waals surface area (Å²) in [5.74, 6) is 0. The molecule has 0 amide bonds. The predicted molar refractivity (Wildman–Crippen MR) is 27.7 cm³/mol. The van der Waals surface area contributed by atoms with E-state index in [1.165, 1.54) is 0 Å². The molecule has 0 aliphatic rings. The van der Waals surface area contributed by atoms with Gasteiger partial charge in [0.2, 0.25) is 0 Å². The summed E-state index contributed by atoms with van der Waals surface area (Å²) in [4.78, 5) is 25.0. The molecule has 0 fully saturated rings. The van der Waals surface area contributed by atoms with Gasteiger partial charge in [0, 0.05) is 0 Å². The summed E-state index contributed by atoms with van der Waals surface area (Å²) in [5.41, 5.74) is 0. The van der Waals surface area contributed by atoms with Gasteiger partial charge in [0.15, 0.2) is 0 Å². The molecule has 13 heteroatoms. The molecule has 0 unspecified atom stereocenters. The van der Waals surface area contributed by atoms with Crippen LogP contribution in [0, 0.1) is 0 Å². The molecule has 0 aliphatic heterocycles. The summed E-state index contributed by atoms with van der Waals surface area (Å²) in [5, 5.41) is 50.0. The minimum atomic E-state index is -2.33. The minimum Gasteiger partial charge on any atom is -1.00 e. The van der Waals surface area contributed by atoms with Crippen molar-refractivity contribution in [1.29, 1.82) is 0 Å². The van der Waals surface area contributed by atoms with Crippen LogP contribution in [-0.2, 0) is 0 Å². The van der Waals surface area contributed by atoms with Gasteiger partial charge in [0.05, 0.1) is 0 Å². The van der Waals surface area contributed by atoms with E-state index >= 15 is 0 Å². The van der Waals surface area contributed by atoms with E-state index in [2.05, 4.69) is 0 Å². The van der Waals surface area contributed by atoms with E-state index in [1.807, 2.05) is 0 Å². The van der Waals surface area contributed by atoms with E-state index in [4.69, 9.17) is 45.0 Å². The molecule has 0 atom stereocenters. The maximum atomic E-state index is 8.33. The topological polar surface area (TPSA) is 190 Å². The zero-order chi connectivity index (χ0) is 10.7. The number of carbonyl (C=O) groups is 3. The Morgan fingerprint density at radius 3 is 0.562 bits per heavy atom. The fourth-order valence-corrected chi connectivity index (χ4v) is 0. The number of rotatable bonds is 0. The molecule has 0 spiro atoms. The number of halogens is 1. The average molecular weight is 260 g/mol. The van der Waals surface area contributed by atoms with Crippen LogP contribution < -0.4 is 54.2 Å². The molecule has 0 radical (unpaired) electrons. The van der Waals surface area contributed by atoms with Gasteiger partial charge in [-0.3, -0.25) is 0 Å². The zero-order valence-corrected chi connectivity index (χ0v) is 10.0. The second kappa shape index (κ2) is 36.6. The summed E-state index contributed by atoms with van der Waals surface area (Å²) in [6.07, 6.45) is -7.00. The summed E-state index contributed by atoms with van der Waals surface area (Å²) < 4.78 is 0. The minimum absolute atomic E-state index is 0. The third-order valence-electron chi connectivity index (χ3n) is 0. The monoisotopic (exact) mass is 260 g/mol. The van der Waals surface area contributed by atoms with Crippen LogP contribution in [0.3, 0.4) is 0 Å². The van der Waals surface area contributed by atoms with Crippen molar-refractivity contribution in [3.05, 3.63) is 0 Å². The first kappa shape index (κ1) is 45.3. The second-order valence-electron chi connectivity index (χ2n) is 0.750. The van der Waals surface area contributed by atoms with Crippen LogP contribution in [0.1, 0.15) is 0 Å². The molecule has 0 rings (SSSR count). The Balaban J connectivity index is -0.0000000135. The van der Waals surface area contributed by atoms with Gasteiger partial charge < -0.3 is 49.7 Å². The molecular formula is C3Al2FLiO9. The van der Waals surface area contributed by atoms with Crippen molar-refractivity contribution in [2.45, 2.75) is 0 Å². The van der Waals surface area contributed by atoms with Crippen molar-refractivity contribution in [1.82, 2.24) is 0 Å². The normalized spacial score (nSPS) is 4.50. The third-order valence-corrected chi connectivity index (χ3v) is 0. The molecule has 0 N–H and O–H groups in total. The molecule has 80 valence electrons. The third kappa shape index (κ3) is 5770. The zero-order valence-electron chi connectivity index (χ0n) is 7.71. The van der Waals surface area contributed by atoms with Gasteiger partial charge in [-0.1, -0.05) is 0 Å². The van der Waals surface area contributed by atoms with Crippen molar-refractivity contribution in [2.75, 3.05) is 0 Å². The molecule has 0 bridgehead atoms. The molecule has 0 saturated carbocycles. The van der Waals surface area contributed by atoms with Gasteiger partial charge in [-0.05, 0) is 18.5 Å². The van der Waals surface area contributed by atoms with Crippen LogP contribution >= 0.6 is 0 Å². The van der Waals surface area contributed by atoms with Gasteiger partial charge in [-0.25, -0.2) is 0 Å². The van der Waals surface area contributed by atoms with E-state index < -0.39 is 18.5 Å².